The summed E-state index contributed by atoms with van der Waals surface area (Å²) in [7, 11) is 0. The normalized spacial score (nSPS) is 18.2. The average molecular weight is 357 g/mol. The lowest BCUT2D eigenvalue weighted by Gasteiger charge is -2.18. The summed E-state index contributed by atoms with van der Waals surface area (Å²) in [6.45, 7) is 0. The van der Waals surface area contributed by atoms with Crippen LogP contribution in [0.5, 0.6) is 0 Å². The molecule has 3 aromatic carbocycles. The average Bonchev–Trinajstić information content (AvgIpc) is 3.09. The van der Waals surface area contributed by atoms with Crippen molar-refractivity contribution in [3.63, 3.8) is 0 Å². The topological polar surface area (TPSA) is 38.3 Å². The molecule has 1 heterocycles. The van der Waals surface area contributed by atoms with Crippen molar-refractivity contribution in [3.05, 3.63) is 107 Å². The van der Waals surface area contributed by atoms with Gasteiger partial charge >= 0.3 is 6.09 Å². The van der Waals surface area contributed by atoms with E-state index in [0.29, 0.717) is 5.56 Å². The van der Waals surface area contributed by atoms with Crippen molar-refractivity contribution >= 4 is 6.09 Å². The molecule has 0 aliphatic carbocycles. The van der Waals surface area contributed by atoms with E-state index in [2.05, 4.69) is 17.2 Å². The van der Waals surface area contributed by atoms with Crippen LogP contribution in [0.3, 0.4) is 0 Å². The Bertz CT molecular complexity index is 1040. The first-order chi connectivity index (χ1) is 13.2. The number of amides is 1. The Balaban J connectivity index is 1.64. The Morgan fingerprint density at radius 1 is 0.815 bits per heavy atom. The first-order valence-corrected chi connectivity index (χ1v) is 8.59. The van der Waals surface area contributed by atoms with Crippen LogP contribution in [0.25, 0.3) is 0 Å². The molecule has 2 atom stereocenters. The summed E-state index contributed by atoms with van der Waals surface area (Å²) >= 11 is 0. The molecule has 1 amide bonds. The van der Waals surface area contributed by atoms with Gasteiger partial charge in [-0.3, -0.25) is 0 Å². The smallest absolute Gasteiger partial charge is 0.408 e. The molecule has 1 aliphatic rings. The molecule has 0 aromatic heterocycles. The van der Waals surface area contributed by atoms with Crippen LogP contribution < -0.4 is 5.32 Å². The van der Waals surface area contributed by atoms with Gasteiger partial charge < -0.3 is 10.1 Å². The van der Waals surface area contributed by atoms with Gasteiger partial charge in [0.2, 0.25) is 0 Å². The van der Waals surface area contributed by atoms with E-state index >= 15 is 0 Å². The molecule has 1 saturated heterocycles. The van der Waals surface area contributed by atoms with Gasteiger partial charge in [0.25, 0.3) is 0 Å². The highest BCUT2D eigenvalue weighted by Crippen LogP contribution is 2.36. The zero-order valence-corrected chi connectivity index (χ0v) is 14.4. The Morgan fingerprint density at radius 2 is 1.52 bits per heavy atom. The monoisotopic (exact) mass is 357 g/mol. The van der Waals surface area contributed by atoms with Gasteiger partial charge in [-0.25, -0.2) is 9.18 Å². The maximum absolute atomic E-state index is 13.6. The van der Waals surface area contributed by atoms with Gasteiger partial charge in [-0.2, -0.15) is 0 Å². The molecule has 0 saturated carbocycles. The number of hydrogen-bond acceptors (Lipinski definition) is 2. The summed E-state index contributed by atoms with van der Waals surface area (Å²) in [4.78, 5) is 11.8. The summed E-state index contributed by atoms with van der Waals surface area (Å²) in [6, 6.07) is 23.0. The summed E-state index contributed by atoms with van der Waals surface area (Å²) in [6.07, 6.45) is -1.11. The van der Waals surface area contributed by atoms with Crippen molar-refractivity contribution < 1.29 is 13.9 Å². The number of carbonyl (C=O) groups excluding carboxylic acids is 1. The molecule has 0 bridgehead atoms. The van der Waals surface area contributed by atoms with Gasteiger partial charge in [0.1, 0.15) is 5.82 Å². The van der Waals surface area contributed by atoms with Crippen LogP contribution in [0.15, 0.2) is 78.9 Å². The fraction of sp³-hybridized carbons (Fsp3) is 0.0870. The summed E-state index contributed by atoms with van der Waals surface area (Å²) in [5.74, 6) is 5.89. The highest BCUT2D eigenvalue weighted by molar-refractivity contribution is 5.71. The summed E-state index contributed by atoms with van der Waals surface area (Å²) in [5.41, 5.74) is 3.22. The molecule has 27 heavy (non-hydrogen) atoms. The number of rotatable bonds is 2. The molecule has 132 valence electrons. The largest absolute Gasteiger partial charge is 0.439 e. The number of hydrogen-bond donors (Lipinski definition) is 1. The molecule has 3 aromatic rings. The maximum Gasteiger partial charge on any atom is 0.408 e. The number of carbonyl (C=O) groups is 1. The lowest BCUT2D eigenvalue weighted by molar-refractivity contribution is 0.132. The Hall–Kier alpha value is -3.58. The van der Waals surface area contributed by atoms with Crippen LogP contribution in [0.1, 0.15) is 34.4 Å². The number of nitrogens with one attached hydrogen (secondary N) is 1. The number of benzene rings is 3. The van der Waals surface area contributed by atoms with E-state index in [9.17, 15) is 9.18 Å². The second-order valence-corrected chi connectivity index (χ2v) is 6.24. The first kappa shape index (κ1) is 16.9. The number of cyclic esters (lactones) is 1. The van der Waals surface area contributed by atoms with Crippen LogP contribution in [-0.2, 0) is 4.74 Å². The molecular weight excluding hydrogens is 341 g/mol. The molecule has 1 N–H and O–H groups in total. The Morgan fingerprint density at radius 3 is 2.33 bits per heavy atom. The number of ether oxygens (including phenoxy) is 1. The number of halogens is 1. The standard InChI is InChI=1S/C23H16FNO2/c24-20-11-5-10-19(15-20)22-21(25-23(26)27-22)18-9-4-8-17(14-18)13-12-16-6-2-1-3-7-16/h1-11,14-15,21-22H,(H,25,26)/t21-,22-/m0/s1. The summed E-state index contributed by atoms with van der Waals surface area (Å²) < 4.78 is 19.0. The predicted octanol–water partition coefficient (Wildman–Crippen LogP) is 4.75. The highest BCUT2D eigenvalue weighted by Gasteiger charge is 2.36. The molecule has 1 aliphatic heterocycles. The van der Waals surface area contributed by atoms with Crippen molar-refractivity contribution in [1.29, 1.82) is 0 Å². The second kappa shape index (κ2) is 7.35. The fourth-order valence-corrected chi connectivity index (χ4v) is 3.10. The van der Waals surface area contributed by atoms with Gasteiger partial charge in [-0.15, -0.1) is 0 Å². The van der Waals surface area contributed by atoms with Crippen LogP contribution in [0.4, 0.5) is 9.18 Å². The molecule has 3 nitrogen and oxygen atoms in total. The second-order valence-electron chi connectivity index (χ2n) is 6.24. The minimum atomic E-state index is -0.592. The van der Waals surface area contributed by atoms with E-state index in [1.165, 1.54) is 12.1 Å². The van der Waals surface area contributed by atoms with E-state index < -0.39 is 18.2 Å². The van der Waals surface area contributed by atoms with Crippen LogP contribution in [0.2, 0.25) is 0 Å². The quantitative estimate of drug-likeness (QED) is 0.672. The van der Waals surface area contributed by atoms with Gasteiger partial charge in [-0.05, 0) is 47.5 Å². The van der Waals surface area contributed by atoms with Crippen LogP contribution in [-0.4, -0.2) is 6.09 Å². The van der Waals surface area contributed by atoms with Crippen molar-refractivity contribution in [3.8, 4) is 11.8 Å². The van der Waals surface area contributed by atoms with E-state index in [0.717, 1.165) is 16.7 Å². The SMILES string of the molecule is O=C1N[C@@H](c2cccc(C#Cc3ccccc3)c2)[C@H](c2cccc(F)c2)O1. The zero-order chi connectivity index (χ0) is 18.6. The molecule has 0 radical (unpaired) electrons. The number of alkyl carbamates (subject to hydrolysis) is 1. The Kier molecular flexibility index (Phi) is 4.59. The maximum atomic E-state index is 13.6. The molecule has 4 heteroatoms. The van der Waals surface area contributed by atoms with Gasteiger partial charge in [0, 0.05) is 11.1 Å². The molecule has 1 fully saturated rings. The molecule has 4 rings (SSSR count). The van der Waals surface area contributed by atoms with Crippen molar-refractivity contribution in [2.75, 3.05) is 0 Å². The van der Waals surface area contributed by atoms with Crippen molar-refractivity contribution in [2.45, 2.75) is 12.1 Å². The van der Waals surface area contributed by atoms with Crippen molar-refractivity contribution in [1.82, 2.24) is 5.32 Å². The van der Waals surface area contributed by atoms with Gasteiger partial charge in [0.15, 0.2) is 6.10 Å². The molecule has 0 spiro atoms. The van der Waals surface area contributed by atoms with E-state index in [4.69, 9.17) is 4.74 Å². The third-order valence-electron chi connectivity index (χ3n) is 4.36. The zero-order valence-electron chi connectivity index (χ0n) is 14.4. The fourth-order valence-electron chi connectivity index (χ4n) is 3.10. The predicted molar refractivity (Wildman–Crippen MR) is 100 cm³/mol. The van der Waals surface area contributed by atoms with Crippen molar-refractivity contribution in [2.24, 2.45) is 0 Å². The van der Waals surface area contributed by atoms with E-state index in [1.807, 2.05) is 54.6 Å². The van der Waals surface area contributed by atoms with E-state index in [1.54, 1.807) is 12.1 Å². The molecular formula is C23H16FNO2. The third kappa shape index (κ3) is 3.83. The van der Waals surface area contributed by atoms with Crippen LogP contribution >= 0.6 is 0 Å². The highest BCUT2D eigenvalue weighted by atomic mass is 19.1. The molecule has 0 unspecified atom stereocenters. The van der Waals surface area contributed by atoms with Gasteiger partial charge in [-0.1, -0.05) is 54.3 Å². The van der Waals surface area contributed by atoms with Gasteiger partial charge in [0.05, 0.1) is 6.04 Å². The third-order valence-corrected chi connectivity index (χ3v) is 4.36. The first-order valence-electron chi connectivity index (χ1n) is 8.59. The van der Waals surface area contributed by atoms with E-state index in [-0.39, 0.29) is 5.82 Å². The lowest BCUT2D eigenvalue weighted by Crippen LogP contribution is -2.19. The van der Waals surface area contributed by atoms with Crippen LogP contribution in [0, 0.1) is 17.7 Å². The minimum Gasteiger partial charge on any atom is -0.439 e. The lowest BCUT2D eigenvalue weighted by atomic mass is 9.95. The Labute approximate surface area is 156 Å². The summed E-state index contributed by atoms with van der Waals surface area (Å²) in [5, 5.41) is 2.81. The minimum absolute atomic E-state index is 0.364.